The zero-order valence-corrected chi connectivity index (χ0v) is 26.5. The van der Waals surface area contributed by atoms with Gasteiger partial charge < -0.3 is 10.2 Å². The summed E-state index contributed by atoms with van der Waals surface area (Å²) in [5.74, 6) is -1.01. The smallest absolute Gasteiger partial charge is 0.264 e. The van der Waals surface area contributed by atoms with Gasteiger partial charge in [-0.05, 0) is 66.9 Å². The second-order valence-corrected chi connectivity index (χ2v) is 12.9. The minimum absolute atomic E-state index is 0.0368. The summed E-state index contributed by atoms with van der Waals surface area (Å²) in [5, 5.41) is 3.31. The Bertz CT molecular complexity index is 1660. The van der Waals surface area contributed by atoms with E-state index in [1.807, 2.05) is 50.2 Å². The van der Waals surface area contributed by atoms with Crippen LogP contribution in [0, 0.1) is 13.8 Å². The standard InChI is InChI=1S/C33H33Cl2N3O4S/c1-23-17-24(2)19-26(18-23)38(43(41,42)27-13-8-5-9-14-27)22-32(39)37(21-28-29(34)15-10-16-30(28)35)31(33(40)36-3)20-25-11-6-4-7-12-25/h4-19,31H,20-22H2,1-3H3,(H,36,40). The van der Waals surface area contributed by atoms with Crippen LogP contribution in [0.3, 0.4) is 0 Å². The van der Waals surface area contributed by atoms with Crippen molar-refractivity contribution < 1.29 is 18.0 Å². The van der Waals surface area contributed by atoms with Crippen molar-refractivity contribution in [1.29, 1.82) is 0 Å². The van der Waals surface area contributed by atoms with Gasteiger partial charge in [-0.3, -0.25) is 13.9 Å². The van der Waals surface area contributed by atoms with Crippen molar-refractivity contribution in [3.63, 3.8) is 0 Å². The van der Waals surface area contributed by atoms with Gasteiger partial charge in [-0.2, -0.15) is 0 Å². The maximum atomic E-state index is 14.4. The molecule has 0 heterocycles. The number of nitrogens with one attached hydrogen (secondary N) is 1. The number of amides is 2. The predicted molar refractivity (Wildman–Crippen MR) is 172 cm³/mol. The SMILES string of the molecule is CNC(=O)C(Cc1ccccc1)N(Cc1c(Cl)cccc1Cl)C(=O)CN(c1cc(C)cc(C)c1)S(=O)(=O)c1ccccc1. The lowest BCUT2D eigenvalue weighted by molar-refractivity contribution is -0.139. The van der Waals surface area contributed by atoms with Crippen LogP contribution in [-0.4, -0.2) is 44.8 Å². The van der Waals surface area contributed by atoms with Crippen molar-refractivity contribution in [3.8, 4) is 0 Å². The molecule has 1 atom stereocenters. The molecule has 1 unspecified atom stereocenters. The van der Waals surface area contributed by atoms with Crippen LogP contribution < -0.4 is 9.62 Å². The molecule has 0 saturated carbocycles. The normalized spacial score (nSPS) is 11.9. The van der Waals surface area contributed by atoms with Gasteiger partial charge in [0.2, 0.25) is 11.8 Å². The molecule has 4 rings (SSSR count). The van der Waals surface area contributed by atoms with Crippen molar-refractivity contribution >= 4 is 50.7 Å². The molecular weight excluding hydrogens is 605 g/mol. The van der Waals surface area contributed by atoms with Gasteiger partial charge in [-0.25, -0.2) is 8.42 Å². The molecule has 1 N–H and O–H groups in total. The third kappa shape index (κ3) is 7.76. The van der Waals surface area contributed by atoms with E-state index in [1.54, 1.807) is 48.5 Å². The third-order valence-corrected chi connectivity index (χ3v) is 9.51. The summed E-state index contributed by atoms with van der Waals surface area (Å²) in [4.78, 5) is 29.2. The lowest BCUT2D eigenvalue weighted by atomic mass is 10.0. The quantitative estimate of drug-likeness (QED) is 0.212. The second kappa shape index (κ2) is 14.1. The average Bonchev–Trinajstić information content (AvgIpc) is 2.98. The summed E-state index contributed by atoms with van der Waals surface area (Å²) in [6, 6.07) is 26.6. The highest BCUT2D eigenvalue weighted by Gasteiger charge is 2.35. The number of carbonyl (C=O) groups is 2. The number of anilines is 1. The molecule has 10 heteroatoms. The van der Waals surface area contributed by atoms with Crippen LogP contribution in [0.25, 0.3) is 0 Å². The third-order valence-electron chi connectivity index (χ3n) is 7.01. The van der Waals surface area contributed by atoms with Gasteiger partial charge in [0.25, 0.3) is 10.0 Å². The lowest BCUT2D eigenvalue weighted by Crippen LogP contribution is -2.53. The van der Waals surface area contributed by atoms with E-state index in [9.17, 15) is 18.0 Å². The number of halogens is 2. The average molecular weight is 639 g/mol. The van der Waals surface area contributed by atoms with E-state index in [1.165, 1.54) is 24.1 Å². The van der Waals surface area contributed by atoms with E-state index in [-0.39, 0.29) is 17.9 Å². The molecule has 0 aromatic heterocycles. The molecule has 0 radical (unpaired) electrons. The fraction of sp³-hybridized carbons (Fsp3) is 0.212. The largest absolute Gasteiger partial charge is 0.357 e. The van der Waals surface area contributed by atoms with Gasteiger partial charge in [-0.15, -0.1) is 0 Å². The van der Waals surface area contributed by atoms with Gasteiger partial charge in [0, 0.05) is 35.6 Å². The van der Waals surface area contributed by atoms with Crippen LogP contribution in [0.1, 0.15) is 22.3 Å². The summed E-state index contributed by atoms with van der Waals surface area (Å²) >= 11 is 13.0. The van der Waals surface area contributed by atoms with Crippen LogP contribution >= 0.6 is 23.2 Å². The molecule has 224 valence electrons. The Balaban J connectivity index is 1.84. The molecular formula is C33H33Cl2N3O4S. The van der Waals surface area contributed by atoms with Crippen LogP contribution in [0.5, 0.6) is 0 Å². The summed E-state index contributed by atoms with van der Waals surface area (Å²) in [6.07, 6.45) is 0.184. The topological polar surface area (TPSA) is 86.8 Å². The van der Waals surface area contributed by atoms with Gasteiger partial charge in [0.15, 0.2) is 0 Å². The molecule has 43 heavy (non-hydrogen) atoms. The molecule has 0 fully saturated rings. The number of rotatable bonds is 11. The molecule has 0 aliphatic carbocycles. The van der Waals surface area contributed by atoms with E-state index < -0.39 is 34.4 Å². The number of nitrogens with zero attached hydrogens (tertiary/aromatic N) is 2. The highest BCUT2D eigenvalue weighted by molar-refractivity contribution is 7.92. The van der Waals surface area contributed by atoms with Crippen molar-refractivity contribution in [2.75, 3.05) is 17.9 Å². The van der Waals surface area contributed by atoms with Crippen molar-refractivity contribution in [2.45, 2.75) is 37.8 Å². The van der Waals surface area contributed by atoms with Crippen LogP contribution in [-0.2, 0) is 32.6 Å². The number of benzene rings is 4. The Morgan fingerprint density at radius 1 is 0.814 bits per heavy atom. The first kappa shape index (κ1) is 32.1. The minimum Gasteiger partial charge on any atom is -0.357 e. The van der Waals surface area contributed by atoms with Gasteiger partial charge in [0.05, 0.1) is 10.6 Å². The van der Waals surface area contributed by atoms with Crippen LogP contribution in [0.15, 0.2) is 102 Å². The molecule has 7 nitrogen and oxygen atoms in total. The number of hydrogen-bond donors (Lipinski definition) is 1. The fourth-order valence-electron chi connectivity index (χ4n) is 4.92. The second-order valence-electron chi connectivity index (χ2n) is 10.2. The number of aryl methyl sites for hydroxylation is 2. The molecule has 2 amide bonds. The van der Waals surface area contributed by atoms with Crippen molar-refractivity contribution in [3.05, 3.63) is 129 Å². The van der Waals surface area contributed by atoms with Gasteiger partial charge in [0.1, 0.15) is 12.6 Å². The minimum atomic E-state index is -4.18. The van der Waals surface area contributed by atoms with E-state index in [0.29, 0.717) is 21.3 Å². The molecule has 0 spiro atoms. The van der Waals surface area contributed by atoms with E-state index in [0.717, 1.165) is 21.0 Å². The number of sulfonamides is 1. The summed E-state index contributed by atoms with van der Waals surface area (Å²) < 4.78 is 29.2. The lowest BCUT2D eigenvalue weighted by Gasteiger charge is -2.34. The van der Waals surface area contributed by atoms with Gasteiger partial charge in [-0.1, -0.05) is 83.9 Å². The molecule has 0 aliphatic heterocycles. The van der Waals surface area contributed by atoms with Crippen molar-refractivity contribution in [1.82, 2.24) is 10.2 Å². The summed E-state index contributed by atoms with van der Waals surface area (Å²) in [5.41, 5.74) is 3.28. The monoisotopic (exact) mass is 637 g/mol. The Kier molecular flexibility index (Phi) is 10.5. The molecule has 4 aromatic carbocycles. The predicted octanol–water partition coefficient (Wildman–Crippen LogP) is 6.19. The molecule has 4 aromatic rings. The van der Waals surface area contributed by atoms with Gasteiger partial charge >= 0.3 is 0 Å². The Hall–Kier alpha value is -3.85. The number of hydrogen-bond acceptors (Lipinski definition) is 4. The zero-order valence-electron chi connectivity index (χ0n) is 24.1. The first-order chi connectivity index (χ1) is 20.5. The Morgan fingerprint density at radius 2 is 1.37 bits per heavy atom. The van der Waals surface area contributed by atoms with Crippen molar-refractivity contribution in [2.24, 2.45) is 0 Å². The highest BCUT2D eigenvalue weighted by Crippen LogP contribution is 2.29. The Morgan fingerprint density at radius 3 is 1.93 bits per heavy atom. The first-order valence-corrected chi connectivity index (χ1v) is 15.8. The fourth-order valence-corrected chi connectivity index (χ4v) is 6.85. The van der Waals surface area contributed by atoms with E-state index in [4.69, 9.17) is 23.2 Å². The summed E-state index contributed by atoms with van der Waals surface area (Å²) in [6.45, 7) is 3.04. The highest BCUT2D eigenvalue weighted by atomic mass is 35.5. The maximum absolute atomic E-state index is 14.4. The molecule has 0 bridgehead atoms. The van der Waals surface area contributed by atoms with Crippen LogP contribution in [0.2, 0.25) is 10.0 Å². The number of carbonyl (C=O) groups excluding carboxylic acids is 2. The molecule has 0 aliphatic rings. The first-order valence-electron chi connectivity index (χ1n) is 13.6. The molecule has 0 saturated heterocycles. The van der Waals surface area contributed by atoms with Crippen LogP contribution in [0.4, 0.5) is 5.69 Å². The zero-order chi connectivity index (χ0) is 31.1. The van der Waals surface area contributed by atoms with E-state index in [2.05, 4.69) is 5.32 Å². The number of likely N-dealkylation sites (N-methyl/N-ethyl adjacent to an activating group) is 1. The maximum Gasteiger partial charge on any atom is 0.264 e. The Labute approximate surface area is 263 Å². The van der Waals surface area contributed by atoms with E-state index >= 15 is 0 Å². The summed E-state index contributed by atoms with van der Waals surface area (Å²) in [7, 11) is -2.69.